The summed E-state index contributed by atoms with van der Waals surface area (Å²) in [5.41, 5.74) is 0.534. The Morgan fingerprint density at radius 2 is 2.12 bits per heavy atom. The third-order valence-corrected chi connectivity index (χ3v) is 2.15. The van der Waals surface area contributed by atoms with Crippen LogP contribution in [0.5, 0.6) is 0 Å². The van der Waals surface area contributed by atoms with E-state index >= 15 is 0 Å². The first-order chi connectivity index (χ1) is 8.15. The Kier molecular flexibility index (Phi) is 3.08. The van der Waals surface area contributed by atoms with Gasteiger partial charge in [0.15, 0.2) is 5.82 Å². The smallest absolute Gasteiger partial charge is 0.232 e. The standard InChI is InChI=1S/C10H10FN5O/c1-16-9(13-14-15-16)6-10(17)12-8-4-2-7(11)3-5-8/h2-5H,6H2,1H3,(H,12,17). The van der Waals surface area contributed by atoms with Gasteiger partial charge in [0.1, 0.15) is 5.82 Å². The number of carbonyl (C=O) groups is 1. The van der Waals surface area contributed by atoms with E-state index in [0.29, 0.717) is 11.5 Å². The van der Waals surface area contributed by atoms with Crippen LogP contribution >= 0.6 is 0 Å². The third-order valence-electron chi connectivity index (χ3n) is 2.15. The van der Waals surface area contributed by atoms with E-state index < -0.39 is 0 Å². The summed E-state index contributed by atoms with van der Waals surface area (Å²) in [5.74, 6) is -0.139. The second-order valence-corrected chi connectivity index (χ2v) is 3.45. The van der Waals surface area contributed by atoms with Crippen molar-refractivity contribution in [3.8, 4) is 0 Å². The van der Waals surface area contributed by atoms with Crippen molar-refractivity contribution in [2.24, 2.45) is 7.05 Å². The number of nitrogens with one attached hydrogen (secondary N) is 1. The number of tetrazole rings is 1. The molecule has 1 aromatic carbocycles. The predicted octanol–water partition coefficient (Wildman–Crippen LogP) is 0.530. The Balaban J connectivity index is 1.98. The number of amides is 1. The molecule has 1 N–H and O–H groups in total. The number of hydrogen-bond acceptors (Lipinski definition) is 4. The molecule has 0 bridgehead atoms. The van der Waals surface area contributed by atoms with Gasteiger partial charge in [0, 0.05) is 12.7 Å². The highest BCUT2D eigenvalue weighted by molar-refractivity contribution is 5.91. The minimum atomic E-state index is -0.347. The van der Waals surface area contributed by atoms with E-state index in [1.165, 1.54) is 28.9 Å². The number of hydrogen-bond donors (Lipinski definition) is 1. The highest BCUT2D eigenvalue weighted by atomic mass is 19.1. The van der Waals surface area contributed by atoms with Gasteiger partial charge in [0.2, 0.25) is 5.91 Å². The Hall–Kier alpha value is -2.31. The Morgan fingerprint density at radius 1 is 1.41 bits per heavy atom. The van der Waals surface area contributed by atoms with E-state index in [2.05, 4.69) is 20.8 Å². The van der Waals surface area contributed by atoms with Crippen LogP contribution in [-0.2, 0) is 18.3 Å². The van der Waals surface area contributed by atoms with Gasteiger partial charge in [-0.25, -0.2) is 9.07 Å². The van der Waals surface area contributed by atoms with Gasteiger partial charge in [0.05, 0.1) is 6.42 Å². The molecule has 0 spiro atoms. The van der Waals surface area contributed by atoms with Gasteiger partial charge in [0.25, 0.3) is 0 Å². The second kappa shape index (κ2) is 4.69. The summed E-state index contributed by atoms with van der Waals surface area (Å²) in [4.78, 5) is 11.6. The Labute approximate surface area is 96.4 Å². The fraction of sp³-hybridized carbons (Fsp3) is 0.200. The lowest BCUT2D eigenvalue weighted by molar-refractivity contribution is -0.115. The van der Waals surface area contributed by atoms with Crippen molar-refractivity contribution in [2.45, 2.75) is 6.42 Å². The zero-order valence-electron chi connectivity index (χ0n) is 9.09. The zero-order chi connectivity index (χ0) is 12.3. The molecule has 6 nitrogen and oxygen atoms in total. The number of carbonyl (C=O) groups excluding carboxylic acids is 1. The largest absolute Gasteiger partial charge is 0.326 e. The fourth-order valence-electron chi connectivity index (χ4n) is 1.28. The van der Waals surface area contributed by atoms with Crippen molar-refractivity contribution in [1.29, 1.82) is 0 Å². The van der Waals surface area contributed by atoms with Crippen LogP contribution in [0.25, 0.3) is 0 Å². The first-order valence-electron chi connectivity index (χ1n) is 4.92. The summed E-state index contributed by atoms with van der Waals surface area (Å²) in [6, 6.07) is 5.53. The molecule has 7 heteroatoms. The van der Waals surface area contributed by atoms with Gasteiger partial charge < -0.3 is 5.32 Å². The highest BCUT2D eigenvalue weighted by Gasteiger charge is 2.09. The number of rotatable bonds is 3. The maximum Gasteiger partial charge on any atom is 0.232 e. The number of halogens is 1. The van der Waals surface area contributed by atoms with Crippen LogP contribution in [0.15, 0.2) is 24.3 Å². The molecule has 0 saturated heterocycles. The Bertz CT molecular complexity index is 522. The van der Waals surface area contributed by atoms with Crippen molar-refractivity contribution in [2.75, 3.05) is 5.32 Å². The average molecular weight is 235 g/mol. The molecular formula is C10H10FN5O. The SMILES string of the molecule is Cn1nnnc1CC(=O)Nc1ccc(F)cc1. The predicted molar refractivity (Wildman–Crippen MR) is 57.5 cm³/mol. The maximum atomic E-state index is 12.6. The average Bonchev–Trinajstić information content (AvgIpc) is 2.68. The van der Waals surface area contributed by atoms with E-state index in [0.717, 1.165) is 0 Å². The Morgan fingerprint density at radius 3 is 2.71 bits per heavy atom. The third kappa shape index (κ3) is 2.83. The molecule has 0 fully saturated rings. The lowest BCUT2D eigenvalue weighted by Crippen LogP contribution is -2.17. The van der Waals surface area contributed by atoms with Crippen molar-refractivity contribution in [3.05, 3.63) is 35.9 Å². The molecule has 17 heavy (non-hydrogen) atoms. The molecule has 1 heterocycles. The van der Waals surface area contributed by atoms with Crippen molar-refractivity contribution in [3.63, 3.8) is 0 Å². The van der Waals surface area contributed by atoms with Crippen molar-refractivity contribution < 1.29 is 9.18 Å². The van der Waals surface area contributed by atoms with Gasteiger partial charge >= 0.3 is 0 Å². The van der Waals surface area contributed by atoms with E-state index in [-0.39, 0.29) is 18.1 Å². The summed E-state index contributed by atoms with van der Waals surface area (Å²) in [5, 5.41) is 13.4. The summed E-state index contributed by atoms with van der Waals surface area (Å²) < 4.78 is 14.1. The van der Waals surface area contributed by atoms with Gasteiger partial charge in [-0.3, -0.25) is 4.79 Å². The number of nitrogens with zero attached hydrogens (tertiary/aromatic N) is 4. The van der Waals surface area contributed by atoms with Crippen LogP contribution in [0.2, 0.25) is 0 Å². The fourth-order valence-corrected chi connectivity index (χ4v) is 1.28. The van der Waals surface area contributed by atoms with Crippen molar-refractivity contribution >= 4 is 11.6 Å². The molecule has 0 atom stereocenters. The molecule has 0 aliphatic heterocycles. The highest BCUT2D eigenvalue weighted by Crippen LogP contribution is 2.08. The van der Waals surface area contributed by atoms with Crippen molar-refractivity contribution in [1.82, 2.24) is 20.2 Å². The zero-order valence-corrected chi connectivity index (χ0v) is 9.09. The van der Waals surface area contributed by atoms with Crippen LogP contribution in [-0.4, -0.2) is 26.1 Å². The number of anilines is 1. The van der Waals surface area contributed by atoms with Crippen LogP contribution in [0, 0.1) is 5.82 Å². The van der Waals surface area contributed by atoms with Crippen LogP contribution < -0.4 is 5.32 Å². The first-order valence-corrected chi connectivity index (χ1v) is 4.92. The van der Waals surface area contributed by atoms with Gasteiger partial charge in [-0.1, -0.05) is 0 Å². The quantitative estimate of drug-likeness (QED) is 0.842. The maximum absolute atomic E-state index is 12.6. The summed E-state index contributed by atoms with van der Waals surface area (Å²) >= 11 is 0. The molecule has 0 aliphatic carbocycles. The van der Waals surface area contributed by atoms with E-state index in [9.17, 15) is 9.18 Å². The normalized spacial score (nSPS) is 10.2. The molecule has 1 amide bonds. The molecule has 0 unspecified atom stereocenters. The lowest BCUT2D eigenvalue weighted by Gasteiger charge is -2.03. The van der Waals surface area contributed by atoms with Gasteiger partial charge in [-0.2, -0.15) is 0 Å². The number of benzene rings is 1. The number of aromatic nitrogens is 4. The molecule has 2 aromatic rings. The van der Waals surface area contributed by atoms with Gasteiger partial charge in [-0.05, 0) is 34.7 Å². The molecule has 88 valence electrons. The number of aryl methyl sites for hydroxylation is 1. The topological polar surface area (TPSA) is 72.7 Å². The van der Waals surface area contributed by atoms with Gasteiger partial charge in [-0.15, -0.1) is 5.10 Å². The summed E-state index contributed by atoms with van der Waals surface area (Å²) in [7, 11) is 1.65. The van der Waals surface area contributed by atoms with Crippen LogP contribution in [0.4, 0.5) is 10.1 Å². The molecule has 0 saturated carbocycles. The molecule has 1 aromatic heterocycles. The first kappa shape index (κ1) is 11.2. The minimum Gasteiger partial charge on any atom is -0.326 e. The summed E-state index contributed by atoms with van der Waals surface area (Å²) in [6.07, 6.45) is 0.0703. The van der Waals surface area contributed by atoms with E-state index in [1.54, 1.807) is 7.05 Å². The van der Waals surface area contributed by atoms with E-state index in [1.807, 2.05) is 0 Å². The van der Waals surface area contributed by atoms with Crippen LogP contribution in [0.1, 0.15) is 5.82 Å². The monoisotopic (exact) mass is 235 g/mol. The molecule has 0 aliphatic rings. The molecule has 0 radical (unpaired) electrons. The second-order valence-electron chi connectivity index (χ2n) is 3.45. The lowest BCUT2D eigenvalue weighted by atomic mass is 10.3. The molecule has 2 rings (SSSR count). The van der Waals surface area contributed by atoms with Crippen LogP contribution in [0.3, 0.4) is 0 Å². The summed E-state index contributed by atoms with van der Waals surface area (Å²) in [6.45, 7) is 0. The molecular weight excluding hydrogens is 225 g/mol. The van der Waals surface area contributed by atoms with E-state index in [4.69, 9.17) is 0 Å². The minimum absolute atomic E-state index is 0.0703.